The van der Waals surface area contributed by atoms with E-state index in [0.717, 1.165) is 11.1 Å². The van der Waals surface area contributed by atoms with Gasteiger partial charge in [-0.05, 0) is 31.5 Å². The second kappa shape index (κ2) is 3.85. The highest BCUT2D eigenvalue weighted by molar-refractivity contribution is 5.89. The lowest BCUT2D eigenvalue weighted by atomic mass is 9.72. The monoisotopic (exact) mass is 254 g/mol. The minimum Gasteiger partial charge on any atom is -0.480 e. The van der Waals surface area contributed by atoms with Crippen molar-refractivity contribution in [1.82, 2.24) is 0 Å². The zero-order valence-corrected chi connectivity index (χ0v) is 10.8. The van der Waals surface area contributed by atoms with E-state index in [-0.39, 0.29) is 0 Å². The number of aliphatic carboxylic acids is 1. The Labute approximate surface area is 111 Å². The number of benzene rings is 2. The molecule has 2 aromatic rings. The largest absolute Gasteiger partial charge is 0.480 e. The molecule has 1 heterocycles. The van der Waals surface area contributed by atoms with Crippen molar-refractivity contribution in [2.24, 2.45) is 0 Å². The molecule has 96 valence electrons. The van der Waals surface area contributed by atoms with Gasteiger partial charge < -0.3 is 9.84 Å². The van der Waals surface area contributed by atoms with Gasteiger partial charge >= 0.3 is 5.97 Å². The second-order valence-corrected chi connectivity index (χ2v) is 4.98. The lowest BCUT2D eigenvalue weighted by Crippen LogP contribution is -2.37. The summed E-state index contributed by atoms with van der Waals surface area (Å²) in [7, 11) is 0. The molecule has 19 heavy (non-hydrogen) atoms. The van der Waals surface area contributed by atoms with Crippen LogP contribution in [-0.4, -0.2) is 11.1 Å². The van der Waals surface area contributed by atoms with Crippen molar-refractivity contribution in [3.05, 3.63) is 59.2 Å². The van der Waals surface area contributed by atoms with Crippen molar-refractivity contribution in [1.29, 1.82) is 0 Å². The predicted octanol–water partition coefficient (Wildman–Crippen LogP) is 3.49. The van der Waals surface area contributed by atoms with E-state index in [9.17, 15) is 9.90 Å². The second-order valence-electron chi connectivity index (χ2n) is 4.98. The fourth-order valence-corrected chi connectivity index (χ4v) is 2.81. The van der Waals surface area contributed by atoms with Crippen LogP contribution in [0.3, 0.4) is 0 Å². The Hall–Kier alpha value is -2.29. The Morgan fingerprint density at radius 2 is 1.79 bits per heavy atom. The number of hydrogen-bond donors (Lipinski definition) is 1. The lowest BCUT2D eigenvalue weighted by Gasteiger charge is -2.35. The van der Waals surface area contributed by atoms with Crippen LogP contribution in [0.15, 0.2) is 42.5 Å². The van der Waals surface area contributed by atoms with Crippen LogP contribution in [0.4, 0.5) is 0 Å². The molecule has 0 spiro atoms. The normalized spacial score (nSPS) is 20.1. The van der Waals surface area contributed by atoms with Gasteiger partial charge in [-0.3, -0.25) is 4.79 Å². The van der Waals surface area contributed by atoms with Crippen molar-refractivity contribution in [2.45, 2.75) is 19.3 Å². The fourth-order valence-electron chi connectivity index (χ4n) is 2.81. The number of aryl methyl sites for hydroxylation is 1. The van der Waals surface area contributed by atoms with Crippen LogP contribution in [0.25, 0.3) is 0 Å². The minimum atomic E-state index is -1.07. The van der Waals surface area contributed by atoms with Crippen LogP contribution in [0.5, 0.6) is 11.5 Å². The Kier molecular flexibility index (Phi) is 2.39. The number of carbonyl (C=O) groups is 1. The first kappa shape index (κ1) is 11.8. The van der Waals surface area contributed by atoms with Gasteiger partial charge in [0.2, 0.25) is 0 Å². The zero-order valence-electron chi connectivity index (χ0n) is 10.8. The first-order chi connectivity index (χ1) is 9.05. The van der Waals surface area contributed by atoms with Gasteiger partial charge in [-0.25, -0.2) is 0 Å². The summed E-state index contributed by atoms with van der Waals surface area (Å²) in [6.07, 6.45) is 0. The van der Waals surface area contributed by atoms with Gasteiger partial charge in [-0.15, -0.1) is 0 Å². The van der Waals surface area contributed by atoms with Crippen molar-refractivity contribution < 1.29 is 14.6 Å². The van der Waals surface area contributed by atoms with E-state index < -0.39 is 11.4 Å². The number of carboxylic acid groups (broad SMARTS) is 1. The summed E-state index contributed by atoms with van der Waals surface area (Å²) >= 11 is 0. The molecule has 1 N–H and O–H groups in total. The smallest absolute Gasteiger partial charge is 0.318 e. The van der Waals surface area contributed by atoms with Crippen LogP contribution in [0, 0.1) is 6.92 Å². The highest BCUT2D eigenvalue weighted by Gasteiger charge is 2.45. The molecule has 1 aliphatic heterocycles. The molecule has 0 amide bonds. The zero-order chi connectivity index (χ0) is 13.6. The van der Waals surface area contributed by atoms with E-state index in [2.05, 4.69) is 0 Å². The maximum atomic E-state index is 11.9. The molecule has 0 fully saturated rings. The molecule has 0 saturated heterocycles. The lowest BCUT2D eigenvalue weighted by molar-refractivity contribution is -0.141. The minimum absolute atomic E-state index is 0.616. The molecule has 1 atom stereocenters. The molecule has 3 heteroatoms. The Morgan fingerprint density at radius 3 is 2.53 bits per heavy atom. The standard InChI is InChI=1S/C16H14O3/c1-10-6-5-9-13-14(10)16(2,15(17)18)11-7-3-4-8-12(11)19-13/h3-9H,1-2H3,(H,17,18). The van der Waals surface area contributed by atoms with E-state index in [1.54, 1.807) is 6.92 Å². The van der Waals surface area contributed by atoms with Crippen LogP contribution < -0.4 is 4.74 Å². The summed E-state index contributed by atoms with van der Waals surface area (Å²) < 4.78 is 5.84. The van der Waals surface area contributed by atoms with Crippen LogP contribution in [0.1, 0.15) is 23.6 Å². The molecule has 1 unspecified atom stereocenters. The summed E-state index contributed by atoms with van der Waals surface area (Å²) in [5, 5.41) is 9.76. The van der Waals surface area contributed by atoms with Crippen LogP contribution in [0.2, 0.25) is 0 Å². The number of fused-ring (bicyclic) bond motifs is 2. The van der Waals surface area contributed by atoms with Gasteiger partial charge in [0.15, 0.2) is 0 Å². The summed E-state index contributed by atoms with van der Waals surface area (Å²) in [6.45, 7) is 3.65. The number of rotatable bonds is 1. The van der Waals surface area contributed by atoms with E-state index in [1.807, 2.05) is 49.4 Å². The number of hydrogen-bond acceptors (Lipinski definition) is 2. The third kappa shape index (κ3) is 1.48. The van der Waals surface area contributed by atoms with Gasteiger partial charge in [0, 0.05) is 11.1 Å². The average molecular weight is 254 g/mol. The molecule has 1 aliphatic rings. The molecule has 0 radical (unpaired) electrons. The number of ether oxygens (including phenoxy) is 1. The molecular formula is C16H14O3. The third-order valence-corrected chi connectivity index (χ3v) is 3.81. The van der Waals surface area contributed by atoms with Crippen molar-refractivity contribution in [2.75, 3.05) is 0 Å². The summed E-state index contributed by atoms with van der Waals surface area (Å²) in [4.78, 5) is 11.9. The quantitative estimate of drug-likeness (QED) is 0.847. The SMILES string of the molecule is Cc1cccc2c1C(C)(C(=O)O)c1ccccc1O2. The Balaban J connectivity index is 2.39. The van der Waals surface area contributed by atoms with Crippen LogP contribution in [-0.2, 0) is 10.2 Å². The molecule has 0 bridgehead atoms. The van der Waals surface area contributed by atoms with Gasteiger partial charge in [0.1, 0.15) is 16.9 Å². The predicted molar refractivity (Wildman–Crippen MR) is 71.8 cm³/mol. The highest BCUT2D eigenvalue weighted by atomic mass is 16.5. The Morgan fingerprint density at radius 1 is 1.11 bits per heavy atom. The molecule has 0 aromatic heterocycles. The van der Waals surface area contributed by atoms with Crippen molar-refractivity contribution in [3.63, 3.8) is 0 Å². The molecular weight excluding hydrogens is 240 g/mol. The maximum absolute atomic E-state index is 11.9. The first-order valence-corrected chi connectivity index (χ1v) is 6.16. The molecule has 2 aromatic carbocycles. The number of para-hydroxylation sites is 1. The topological polar surface area (TPSA) is 46.5 Å². The van der Waals surface area contributed by atoms with Crippen molar-refractivity contribution >= 4 is 5.97 Å². The molecule has 0 saturated carbocycles. The highest BCUT2D eigenvalue weighted by Crippen LogP contribution is 2.49. The first-order valence-electron chi connectivity index (χ1n) is 6.16. The summed E-state index contributed by atoms with van der Waals surface area (Å²) in [5.41, 5.74) is 1.29. The summed E-state index contributed by atoms with van der Waals surface area (Å²) in [5.74, 6) is 0.382. The molecule has 3 nitrogen and oxygen atoms in total. The van der Waals surface area contributed by atoms with Gasteiger partial charge in [0.25, 0.3) is 0 Å². The van der Waals surface area contributed by atoms with E-state index in [1.165, 1.54) is 0 Å². The van der Waals surface area contributed by atoms with Gasteiger partial charge in [0.05, 0.1) is 0 Å². The van der Waals surface area contributed by atoms with Crippen molar-refractivity contribution in [3.8, 4) is 11.5 Å². The van der Waals surface area contributed by atoms with Gasteiger partial charge in [-0.1, -0.05) is 30.3 Å². The number of carboxylic acids is 1. The molecule has 0 aliphatic carbocycles. The third-order valence-electron chi connectivity index (χ3n) is 3.81. The fraction of sp³-hybridized carbons (Fsp3) is 0.188. The molecule has 3 rings (SSSR count). The van der Waals surface area contributed by atoms with E-state index in [0.29, 0.717) is 17.1 Å². The Bertz CT molecular complexity index is 675. The van der Waals surface area contributed by atoms with E-state index in [4.69, 9.17) is 4.74 Å². The average Bonchev–Trinajstić information content (AvgIpc) is 2.38. The van der Waals surface area contributed by atoms with Gasteiger partial charge in [-0.2, -0.15) is 0 Å². The summed E-state index contributed by atoms with van der Waals surface area (Å²) in [6, 6.07) is 12.9. The maximum Gasteiger partial charge on any atom is 0.318 e. The van der Waals surface area contributed by atoms with Crippen LogP contribution >= 0.6 is 0 Å². The van der Waals surface area contributed by atoms with E-state index >= 15 is 0 Å².